The number of piperidine rings is 1. The van der Waals surface area contributed by atoms with Gasteiger partial charge in [0, 0.05) is 18.5 Å². The number of aliphatic hydroxyl groups excluding tert-OH is 1. The number of carbonyl (C=O) groups is 1. The predicted molar refractivity (Wildman–Crippen MR) is 90.2 cm³/mol. The number of methoxy groups -OCH3 is 2. The first-order valence-electron chi connectivity index (χ1n) is 8.47. The molecule has 1 saturated carbocycles. The molecule has 6 heteroatoms. The molecule has 1 heterocycles. The number of ether oxygens (including phenoxy) is 2. The van der Waals surface area contributed by atoms with Crippen molar-refractivity contribution in [2.75, 3.05) is 33.9 Å². The molecule has 1 saturated heterocycles. The summed E-state index contributed by atoms with van der Waals surface area (Å²) in [6.07, 6.45) is 2.33. The molecule has 2 unspecified atom stereocenters. The van der Waals surface area contributed by atoms with Crippen LogP contribution in [-0.4, -0.2) is 44.9 Å². The summed E-state index contributed by atoms with van der Waals surface area (Å²) in [5, 5.41) is 16.6. The van der Waals surface area contributed by atoms with Crippen molar-refractivity contribution in [3.63, 3.8) is 0 Å². The van der Waals surface area contributed by atoms with E-state index in [1.807, 2.05) is 0 Å². The van der Waals surface area contributed by atoms with Gasteiger partial charge in [0.15, 0.2) is 0 Å². The number of benzene rings is 1. The molecule has 1 aliphatic heterocycles. The fourth-order valence-corrected chi connectivity index (χ4v) is 3.66. The van der Waals surface area contributed by atoms with E-state index in [9.17, 15) is 9.90 Å². The monoisotopic (exact) mass is 334 g/mol. The van der Waals surface area contributed by atoms with Crippen LogP contribution in [0.2, 0.25) is 0 Å². The van der Waals surface area contributed by atoms with Crippen molar-refractivity contribution in [1.29, 1.82) is 0 Å². The van der Waals surface area contributed by atoms with Gasteiger partial charge in [0.1, 0.15) is 11.5 Å². The number of rotatable bonds is 6. The molecule has 2 fully saturated rings. The van der Waals surface area contributed by atoms with Gasteiger partial charge in [0.2, 0.25) is 5.91 Å². The van der Waals surface area contributed by atoms with Crippen LogP contribution in [0.15, 0.2) is 18.2 Å². The molecule has 0 bridgehead atoms. The van der Waals surface area contributed by atoms with E-state index in [0.29, 0.717) is 17.1 Å². The standard InChI is InChI=1S/C18H26N2O4/c1-23-13-7-12(8-14(9-13)24-2)16(21)11-20-17(22)15-10-18(15)3-5-19-6-4-18/h7-9,15-16,19,21H,3-6,10-11H2,1-2H3,(H,20,22). The van der Waals surface area contributed by atoms with E-state index in [0.717, 1.165) is 32.4 Å². The molecule has 0 aromatic heterocycles. The zero-order valence-corrected chi connectivity index (χ0v) is 14.3. The predicted octanol–water partition coefficient (Wildman–Crippen LogP) is 1.24. The van der Waals surface area contributed by atoms with Crippen molar-refractivity contribution in [3.05, 3.63) is 23.8 Å². The van der Waals surface area contributed by atoms with Gasteiger partial charge in [-0.05, 0) is 55.5 Å². The maximum Gasteiger partial charge on any atom is 0.223 e. The Balaban J connectivity index is 1.56. The van der Waals surface area contributed by atoms with Crippen LogP contribution in [0.3, 0.4) is 0 Å². The van der Waals surface area contributed by atoms with Gasteiger partial charge in [-0.1, -0.05) is 0 Å². The molecule has 2 aliphatic rings. The number of carbonyl (C=O) groups excluding carboxylic acids is 1. The molecule has 1 aromatic carbocycles. The number of amides is 1. The molecule has 6 nitrogen and oxygen atoms in total. The first-order chi connectivity index (χ1) is 11.6. The van der Waals surface area contributed by atoms with Gasteiger partial charge in [0.25, 0.3) is 0 Å². The average Bonchev–Trinajstić information content (AvgIpc) is 3.32. The largest absolute Gasteiger partial charge is 0.497 e. The maximum atomic E-state index is 12.4. The van der Waals surface area contributed by atoms with E-state index >= 15 is 0 Å². The molecule has 1 aliphatic carbocycles. The lowest BCUT2D eigenvalue weighted by Crippen LogP contribution is -2.35. The molecule has 24 heavy (non-hydrogen) atoms. The summed E-state index contributed by atoms with van der Waals surface area (Å²) < 4.78 is 10.4. The lowest BCUT2D eigenvalue weighted by Gasteiger charge is -2.23. The highest BCUT2D eigenvalue weighted by molar-refractivity contribution is 5.82. The number of aliphatic hydroxyl groups is 1. The molecule has 2 atom stereocenters. The molecular formula is C18H26N2O4. The third kappa shape index (κ3) is 3.49. The quantitative estimate of drug-likeness (QED) is 0.729. The van der Waals surface area contributed by atoms with Crippen LogP contribution < -0.4 is 20.1 Å². The summed E-state index contributed by atoms with van der Waals surface area (Å²) in [5.41, 5.74) is 0.873. The van der Waals surface area contributed by atoms with Crippen LogP contribution in [-0.2, 0) is 4.79 Å². The molecule has 1 aromatic rings. The maximum absolute atomic E-state index is 12.4. The summed E-state index contributed by atoms with van der Waals surface area (Å²) in [6.45, 7) is 2.19. The highest BCUT2D eigenvalue weighted by atomic mass is 16.5. The van der Waals surface area contributed by atoms with Gasteiger partial charge >= 0.3 is 0 Å². The van der Waals surface area contributed by atoms with E-state index in [4.69, 9.17) is 9.47 Å². The van der Waals surface area contributed by atoms with Crippen LogP contribution in [0.1, 0.15) is 30.9 Å². The number of hydrogen-bond acceptors (Lipinski definition) is 5. The number of nitrogens with one attached hydrogen (secondary N) is 2. The fourth-order valence-electron chi connectivity index (χ4n) is 3.66. The van der Waals surface area contributed by atoms with Crippen molar-refractivity contribution in [2.24, 2.45) is 11.3 Å². The van der Waals surface area contributed by atoms with Gasteiger partial charge in [-0.3, -0.25) is 4.79 Å². The Morgan fingerprint density at radius 2 is 1.92 bits per heavy atom. The Morgan fingerprint density at radius 3 is 2.50 bits per heavy atom. The molecule has 0 radical (unpaired) electrons. The average molecular weight is 334 g/mol. The zero-order chi connectivity index (χ0) is 17.2. The van der Waals surface area contributed by atoms with Gasteiger partial charge in [-0.25, -0.2) is 0 Å². The second-order valence-electron chi connectivity index (χ2n) is 6.78. The van der Waals surface area contributed by atoms with Gasteiger partial charge < -0.3 is 25.2 Å². The first-order valence-corrected chi connectivity index (χ1v) is 8.47. The fraction of sp³-hybridized carbons (Fsp3) is 0.611. The molecular weight excluding hydrogens is 308 g/mol. The van der Waals surface area contributed by atoms with E-state index in [1.54, 1.807) is 32.4 Å². The normalized spacial score (nSPS) is 22.7. The molecule has 132 valence electrons. The Labute approximate surface area is 142 Å². The van der Waals surface area contributed by atoms with Gasteiger partial charge in [-0.2, -0.15) is 0 Å². The van der Waals surface area contributed by atoms with Crippen LogP contribution in [0.4, 0.5) is 0 Å². The lowest BCUT2D eigenvalue weighted by molar-refractivity contribution is -0.123. The molecule has 1 spiro atoms. The summed E-state index contributed by atoms with van der Waals surface area (Å²) in [5.74, 6) is 1.40. The number of hydrogen-bond donors (Lipinski definition) is 3. The minimum absolute atomic E-state index is 0.0609. The second kappa shape index (κ2) is 6.99. The Hall–Kier alpha value is -1.79. The lowest BCUT2D eigenvalue weighted by atomic mass is 9.92. The highest BCUT2D eigenvalue weighted by Crippen LogP contribution is 2.58. The topological polar surface area (TPSA) is 79.8 Å². The second-order valence-corrected chi connectivity index (χ2v) is 6.78. The van der Waals surface area contributed by atoms with Crippen molar-refractivity contribution in [1.82, 2.24) is 10.6 Å². The summed E-state index contributed by atoms with van der Waals surface area (Å²) in [6, 6.07) is 5.26. The Kier molecular flexibility index (Phi) is 4.96. The van der Waals surface area contributed by atoms with E-state index in [-0.39, 0.29) is 23.8 Å². The van der Waals surface area contributed by atoms with Crippen LogP contribution >= 0.6 is 0 Å². The molecule has 3 rings (SSSR count). The van der Waals surface area contributed by atoms with Crippen LogP contribution in [0.25, 0.3) is 0 Å². The zero-order valence-electron chi connectivity index (χ0n) is 14.3. The first kappa shape index (κ1) is 17.0. The van der Waals surface area contributed by atoms with Crippen molar-refractivity contribution in [3.8, 4) is 11.5 Å². The van der Waals surface area contributed by atoms with E-state index in [2.05, 4.69) is 10.6 Å². The Morgan fingerprint density at radius 1 is 1.29 bits per heavy atom. The van der Waals surface area contributed by atoms with Crippen LogP contribution in [0, 0.1) is 11.3 Å². The molecule has 1 amide bonds. The van der Waals surface area contributed by atoms with E-state index < -0.39 is 6.10 Å². The van der Waals surface area contributed by atoms with Crippen molar-refractivity contribution >= 4 is 5.91 Å². The third-order valence-electron chi connectivity index (χ3n) is 5.33. The summed E-state index contributed by atoms with van der Waals surface area (Å²) >= 11 is 0. The van der Waals surface area contributed by atoms with Crippen LogP contribution in [0.5, 0.6) is 11.5 Å². The van der Waals surface area contributed by atoms with Gasteiger partial charge in [-0.15, -0.1) is 0 Å². The van der Waals surface area contributed by atoms with E-state index in [1.165, 1.54) is 0 Å². The minimum atomic E-state index is -0.791. The van der Waals surface area contributed by atoms with Crippen molar-refractivity contribution < 1.29 is 19.4 Å². The summed E-state index contributed by atoms with van der Waals surface area (Å²) in [7, 11) is 3.14. The smallest absolute Gasteiger partial charge is 0.223 e. The SMILES string of the molecule is COc1cc(OC)cc(C(O)CNC(=O)C2CC23CCNCC3)c1. The van der Waals surface area contributed by atoms with Gasteiger partial charge in [0.05, 0.1) is 20.3 Å². The van der Waals surface area contributed by atoms with Crippen molar-refractivity contribution in [2.45, 2.75) is 25.4 Å². The highest BCUT2D eigenvalue weighted by Gasteiger charge is 2.57. The Bertz CT molecular complexity index is 576. The third-order valence-corrected chi connectivity index (χ3v) is 5.33. The molecule has 3 N–H and O–H groups in total. The minimum Gasteiger partial charge on any atom is -0.497 e. The summed E-state index contributed by atoms with van der Waals surface area (Å²) in [4.78, 5) is 12.4.